The standard InChI is InChI=1S/C25H33ClN4O4SSi.C23H29ClN4O3SSi/c1-16(2)35-25-28-23(18-10-21(34-15-31-3)20(32-4)11-19(18)26)22-17(12-27)13-30(24(22)29-25)14-33-8-9-36(5,6)7;1-14(2)32-23-26-21(16-9-18(29)19(30-3)10-17(16)24)20-15(11-25)12-28(22(20)27-23)13-31-7-8-33(4,5)6/h10-11,13,16H,8-9,14-15H2,1-7H3;9-10,12,14,29H,7-8,13H2,1-6H3. The van der Waals surface area contributed by atoms with Gasteiger partial charge in [-0.2, -0.15) is 10.5 Å². The number of aromatic nitrogens is 6. The summed E-state index contributed by atoms with van der Waals surface area (Å²) < 4.78 is 37.0. The molecule has 370 valence electrons. The zero-order valence-electron chi connectivity index (χ0n) is 41.6. The predicted molar refractivity (Wildman–Crippen MR) is 283 cm³/mol. The molecule has 0 saturated heterocycles. The molecule has 4 heterocycles. The van der Waals surface area contributed by atoms with E-state index in [-0.39, 0.29) is 35.5 Å². The van der Waals surface area contributed by atoms with Crippen LogP contribution in [0.25, 0.3) is 44.6 Å². The molecule has 15 nitrogen and oxygen atoms in total. The summed E-state index contributed by atoms with van der Waals surface area (Å²) in [7, 11) is 2.11. The number of fused-ring (bicyclic) bond motifs is 2. The van der Waals surface area contributed by atoms with E-state index in [2.05, 4.69) is 79.1 Å². The van der Waals surface area contributed by atoms with E-state index in [1.807, 2.05) is 9.13 Å². The maximum absolute atomic E-state index is 10.4. The number of nitriles is 2. The lowest BCUT2D eigenvalue weighted by atomic mass is 10.1. The molecular weight excluding hydrogens is 992 g/mol. The molecule has 0 bridgehead atoms. The lowest BCUT2D eigenvalue weighted by Gasteiger charge is -2.16. The third kappa shape index (κ3) is 14.8. The molecule has 0 spiro atoms. The first-order chi connectivity index (χ1) is 32.6. The van der Waals surface area contributed by atoms with Gasteiger partial charge in [0.25, 0.3) is 0 Å². The molecule has 0 aliphatic rings. The zero-order valence-corrected chi connectivity index (χ0v) is 46.8. The molecule has 21 heteroatoms. The SMILES string of the molecule is COCOc1cc(-c2nc(SC(C)C)nc3c2c(C#N)cn3COCC[Si](C)(C)C)c(Cl)cc1OC.COc1cc(Cl)c(-c2nc(SC(C)C)nc3c2c(C#N)cn3COCC[Si](C)(C)C)cc1O. The van der Waals surface area contributed by atoms with Crippen LogP contribution in [0.4, 0.5) is 0 Å². The van der Waals surface area contributed by atoms with Gasteiger partial charge in [-0.3, -0.25) is 0 Å². The molecule has 4 aromatic heterocycles. The number of hydrogen-bond acceptors (Lipinski definition) is 15. The van der Waals surface area contributed by atoms with Gasteiger partial charge in [0.15, 0.2) is 40.1 Å². The molecule has 1 N–H and O–H groups in total. The first-order valence-electron chi connectivity index (χ1n) is 22.3. The molecule has 69 heavy (non-hydrogen) atoms. The number of methoxy groups -OCH3 is 3. The van der Waals surface area contributed by atoms with Crippen LogP contribution < -0.4 is 14.2 Å². The van der Waals surface area contributed by atoms with Gasteiger partial charge in [0.05, 0.1) is 57.6 Å². The summed E-state index contributed by atoms with van der Waals surface area (Å²) >= 11 is 16.3. The number of phenols is 1. The summed E-state index contributed by atoms with van der Waals surface area (Å²) in [5.74, 6) is 1.13. The second-order valence-corrected chi connectivity index (χ2v) is 34.1. The first-order valence-corrected chi connectivity index (χ1v) is 32.2. The van der Waals surface area contributed by atoms with Crippen molar-refractivity contribution in [1.82, 2.24) is 29.1 Å². The minimum Gasteiger partial charge on any atom is -0.504 e. The first kappa shape index (κ1) is 55.4. The fraction of sp³-hybridized carbons (Fsp3) is 0.458. The molecule has 0 saturated carbocycles. The third-order valence-electron chi connectivity index (χ3n) is 10.1. The number of ether oxygens (including phenoxy) is 6. The van der Waals surface area contributed by atoms with Gasteiger partial charge >= 0.3 is 0 Å². The van der Waals surface area contributed by atoms with Crippen molar-refractivity contribution < 1.29 is 33.5 Å². The average Bonchev–Trinajstić information content (AvgIpc) is 3.82. The number of benzene rings is 2. The van der Waals surface area contributed by atoms with E-state index in [4.69, 9.17) is 71.6 Å². The third-order valence-corrected chi connectivity index (χ3v) is 15.9. The Morgan fingerprint density at radius 1 is 0.652 bits per heavy atom. The Labute approximate surface area is 425 Å². The smallest absolute Gasteiger partial charge is 0.190 e. The molecule has 0 radical (unpaired) electrons. The average molecular weight is 1050 g/mol. The van der Waals surface area contributed by atoms with Crippen LogP contribution in [0.5, 0.6) is 23.0 Å². The summed E-state index contributed by atoms with van der Waals surface area (Å²) in [4.78, 5) is 19.1. The van der Waals surface area contributed by atoms with Gasteiger partial charge in [-0.25, -0.2) is 19.9 Å². The predicted octanol–water partition coefficient (Wildman–Crippen LogP) is 12.6. The van der Waals surface area contributed by atoms with Crippen molar-refractivity contribution in [1.29, 1.82) is 10.5 Å². The van der Waals surface area contributed by atoms with Crippen LogP contribution in [0.1, 0.15) is 38.8 Å². The van der Waals surface area contributed by atoms with Gasteiger partial charge in [-0.1, -0.05) is 114 Å². The Balaban J connectivity index is 0.000000258. The lowest BCUT2D eigenvalue weighted by Crippen LogP contribution is -2.22. The number of hydrogen-bond donors (Lipinski definition) is 1. The van der Waals surface area contributed by atoms with Crippen LogP contribution in [-0.4, -0.2) is 102 Å². The van der Waals surface area contributed by atoms with Crippen LogP contribution in [0.3, 0.4) is 0 Å². The van der Waals surface area contributed by atoms with Crippen molar-refractivity contribution in [3.8, 4) is 57.7 Å². The summed E-state index contributed by atoms with van der Waals surface area (Å²) in [6.45, 7) is 24.1. The van der Waals surface area contributed by atoms with Crippen molar-refractivity contribution in [3.05, 3.63) is 57.8 Å². The van der Waals surface area contributed by atoms with E-state index in [1.54, 1.807) is 38.7 Å². The molecule has 0 aliphatic carbocycles. The largest absolute Gasteiger partial charge is 0.504 e. The molecule has 0 amide bonds. The van der Waals surface area contributed by atoms with Crippen molar-refractivity contribution in [2.75, 3.05) is 41.3 Å². The van der Waals surface area contributed by atoms with Crippen LogP contribution in [0.15, 0.2) is 47.0 Å². The Morgan fingerprint density at radius 2 is 1.09 bits per heavy atom. The second-order valence-electron chi connectivity index (χ2n) is 18.9. The van der Waals surface area contributed by atoms with Gasteiger partial charge in [-0.15, -0.1) is 0 Å². The maximum atomic E-state index is 10.4. The second kappa shape index (κ2) is 24.5. The Morgan fingerprint density at radius 3 is 1.48 bits per heavy atom. The van der Waals surface area contributed by atoms with E-state index < -0.39 is 16.1 Å². The van der Waals surface area contributed by atoms with Gasteiger partial charge in [-0.05, 0) is 24.2 Å². The van der Waals surface area contributed by atoms with Gasteiger partial charge < -0.3 is 42.7 Å². The number of thioether (sulfide) groups is 2. The molecular formula is C48H62Cl2N8O7S2Si2. The number of halogens is 2. The van der Waals surface area contributed by atoms with Crippen molar-refractivity contribution >= 4 is 84.9 Å². The number of aromatic hydroxyl groups is 1. The zero-order chi connectivity index (χ0) is 50.8. The van der Waals surface area contributed by atoms with Crippen LogP contribution in [0, 0.1) is 22.7 Å². The Kier molecular flexibility index (Phi) is 19.7. The van der Waals surface area contributed by atoms with Crippen molar-refractivity contribution in [2.45, 2.75) is 113 Å². The van der Waals surface area contributed by atoms with Crippen LogP contribution in [-0.2, 0) is 27.7 Å². The lowest BCUT2D eigenvalue weighted by molar-refractivity contribution is 0.0492. The Hall–Kier alpha value is -4.55. The van der Waals surface area contributed by atoms with Gasteiger partial charge in [0.2, 0.25) is 0 Å². The Bertz CT molecular complexity index is 2840. The molecule has 0 atom stereocenters. The van der Waals surface area contributed by atoms with Gasteiger partial charge in [0, 0.05) is 82.6 Å². The van der Waals surface area contributed by atoms with Crippen LogP contribution in [0.2, 0.25) is 61.4 Å². The normalized spacial score (nSPS) is 11.8. The molecule has 0 aliphatic heterocycles. The molecule has 0 unspecified atom stereocenters. The summed E-state index contributed by atoms with van der Waals surface area (Å²) in [6, 6.07) is 13.1. The topological polar surface area (TPSA) is 185 Å². The quantitative estimate of drug-likeness (QED) is 0.0236. The minimum atomic E-state index is -1.22. The summed E-state index contributed by atoms with van der Waals surface area (Å²) in [6.07, 6.45) is 3.50. The number of phenolic OH excluding ortho intramolecular Hbond substituents is 1. The highest BCUT2D eigenvalue weighted by atomic mass is 35.5. The van der Waals surface area contributed by atoms with E-state index in [1.165, 1.54) is 42.8 Å². The summed E-state index contributed by atoms with van der Waals surface area (Å²) in [5.41, 5.74) is 4.23. The van der Waals surface area contributed by atoms with E-state index in [0.717, 1.165) is 12.1 Å². The van der Waals surface area contributed by atoms with E-state index in [9.17, 15) is 15.6 Å². The highest BCUT2D eigenvalue weighted by Crippen LogP contribution is 2.43. The summed E-state index contributed by atoms with van der Waals surface area (Å²) in [5, 5.41) is 33.8. The molecule has 6 aromatic rings. The fourth-order valence-corrected chi connectivity index (χ4v) is 10.1. The molecule has 2 aromatic carbocycles. The molecule has 6 rings (SSSR count). The van der Waals surface area contributed by atoms with E-state index >= 15 is 0 Å². The minimum absolute atomic E-state index is 0.0413. The maximum Gasteiger partial charge on any atom is 0.190 e. The van der Waals surface area contributed by atoms with Crippen LogP contribution >= 0.6 is 46.7 Å². The van der Waals surface area contributed by atoms with Crippen molar-refractivity contribution in [3.63, 3.8) is 0 Å². The number of nitrogens with zero attached hydrogens (tertiary/aromatic N) is 8. The van der Waals surface area contributed by atoms with Gasteiger partial charge in [0.1, 0.15) is 36.9 Å². The monoisotopic (exact) mass is 1050 g/mol. The number of rotatable bonds is 21. The highest BCUT2D eigenvalue weighted by molar-refractivity contribution is 7.99. The highest BCUT2D eigenvalue weighted by Gasteiger charge is 2.25. The van der Waals surface area contributed by atoms with Crippen molar-refractivity contribution in [2.24, 2.45) is 0 Å². The molecule has 0 fully saturated rings. The van der Waals surface area contributed by atoms with E-state index in [0.29, 0.717) is 108 Å². The fourth-order valence-electron chi connectivity index (χ4n) is 6.70.